The maximum Gasteiger partial charge on any atom is 0.0670 e. The number of anilines is 1. The van der Waals surface area contributed by atoms with Crippen molar-refractivity contribution in [1.82, 2.24) is 5.32 Å². The summed E-state index contributed by atoms with van der Waals surface area (Å²) >= 11 is 0. The van der Waals surface area contributed by atoms with Crippen molar-refractivity contribution in [2.75, 3.05) is 25.2 Å². The zero-order valence-electron chi connectivity index (χ0n) is 12.6. The van der Waals surface area contributed by atoms with Gasteiger partial charge in [0.15, 0.2) is 0 Å². The highest BCUT2D eigenvalue weighted by Crippen LogP contribution is 2.20. The minimum atomic E-state index is 0.163. The second-order valence-corrected chi connectivity index (χ2v) is 6.40. The number of benzene rings is 1. The van der Waals surface area contributed by atoms with Gasteiger partial charge in [-0.25, -0.2) is 0 Å². The van der Waals surface area contributed by atoms with Crippen molar-refractivity contribution in [3.05, 3.63) is 29.8 Å². The van der Waals surface area contributed by atoms with Crippen LogP contribution in [0.5, 0.6) is 0 Å². The molecule has 1 aromatic rings. The molecule has 1 aromatic carbocycles. The summed E-state index contributed by atoms with van der Waals surface area (Å²) in [6, 6.07) is 9.36. The standard InChI is InChI=1S/C16H26N2O/c1-16(2,3)17-11-13-5-7-14(8-6-13)18(4)15-9-10-19-12-15/h5-8,15,17H,9-12H2,1-4H3. The minimum Gasteiger partial charge on any atom is -0.379 e. The van der Waals surface area contributed by atoms with Crippen molar-refractivity contribution in [3.63, 3.8) is 0 Å². The average Bonchev–Trinajstić information content (AvgIpc) is 2.89. The first-order valence-electron chi connectivity index (χ1n) is 7.10. The number of hydrogen-bond acceptors (Lipinski definition) is 3. The number of hydrogen-bond donors (Lipinski definition) is 1. The Morgan fingerprint density at radius 1 is 1.26 bits per heavy atom. The van der Waals surface area contributed by atoms with Crippen molar-refractivity contribution in [1.29, 1.82) is 0 Å². The fourth-order valence-corrected chi connectivity index (χ4v) is 2.25. The van der Waals surface area contributed by atoms with Crippen LogP contribution in [0.2, 0.25) is 0 Å². The first-order chi connectivity index (χ1) is 8.96. The third-order valence-electron chi connectivity index (χ3n) is 3.62. The van der Waals surface area contributed by atoms with Crippen LogP contribution in [-0.4, -0.2) is 31.8 Å². The van der Waals surface area contributed by atoms with E-state index in [2.05, 4.69) is 62.3 Å². The van der Waals surface area contributed by atoms with Gasteiger partial charge < -0.3 is 15.0 Å². The third kappa shape index (κ3) is 4.22. The second-order valence-electron chi connectivity index (χ2n) is 6.40. The van der Waals surface area contributed by atoms with Gasteiger partial charge >= 0.3 is 0 Å². The molecule has 1 unspecified atom stereocenters. The molecule has 3 heteroatoms. The topological polar surface area (TPSA) is 24.5 Å². The van der Waals surface area contributed by atoms with Gasteiger partial charge in [0, 0.05) is 31.4 Å². The second kappa shape index (κ2) is 5.93. The van der Waals surface area contributed by atoms with Gasteiger partial charge in [0.05, 0.1) is 12.6 Å². The summed E-state index contributed by atoms with van der Waals surface area (Å²) in [6.45, 7) is 9.23. The molecular weight excluding hydrogens is 236 g/mol. The molecule has 1 fully saturated rings. The van der Waals surface area contributed by atoms with Gasteiger partial charge in [-0.15, -0.1) is 0 Å². The zero-order chi connectivity index (χ0) is 13.9. The number of nitrogens with one attached hydrogen (secondary N) is 1. The summed E-state index contributed by atoms with van der Waals surface area (Å²) in [6.07, 6.45) is 1.13. The Morgan fingerprint density at radius 3 is 2.47 bits per heavy atom. The number of ether oxygens (including phenoxy) is 1. The SMILES string of the molecule is CN(c1ccc(CNC(C)(C)C)cc1)C1CCOC1. The Kier molecular flexibility index (Phi) is 4.48. The molecule has 1 aliphatic heterocycles. The Morgan fingerprint density at radius 2 is 1.95 bits per heavy atom. The summed E-state index contributed by atoms with van der Waals surface area (Å²) in [5.41, 5.74) is 2.76. The highest BCUT2D eigenvalue weighted by molar-refractivity contribution is 5.48. The van der Waals surface area contributed by atoms with E-state index in [1.165, 1.54) is 11.3 Å². The molecule has 2 rings (SSSR count). The van der Waals surface area contributed by atoms with Crippen LogP contribution in [-0.2, 0) is 11.3 Å². The highest BCUT2D eigenvalue weighted by Gasteiger charge is 2.20. The molecule has 3 nitrogen and oxygen atoms in total. The fraction of sp³-hybridized carbons (Fsp3) is 0.625. The maximum absolute atomic E-state index is 5.45. The molecule has 106 valence electrons. The zero-order valence-corrected chi connectivity index (χ0v) is 12.6. The van der Waals surface area contributed by atoms with Crippen molar-refractivity contribution >= 4 is 5.69 Å². The lowest BCUT2D eigenvalue weighted by atomic mass is 10.1. The molecule has 0 bridgehead atoms. The van der Waals surface area contributed by atoms with Gasteiger partial charge in [-0.3, -0.25) is 0 Å². The van der Waals surface area contributed by atoms with Crippen molar-refractivity contribution in [2.45, 2.75) is 45.3 Å². The van der Waals surface area contributed by atoms with Crippen LogP contribution in [0.15, 0.2) is 24.3 Å². The minimum absolute atomic E-state index is 0.163. The lowest BCUT2D eigenvalue weighted by Crippen LogP contribution is -2.35. The molecule has 0 spiro atoms. The van der Waals surface area contributed by atoms with Crippen LogP contribution < -0.4 is 10.2 Å². The van der Waals surface area contributed by atoms with Crippen LogP contribution in [0.25, 0.3) is 0 Å². The fourth-order valence-electron chi connectivity index (χ4n) is 2.25. The normalized spacial score (nSPS) is 19.7. The van der Waals surface area contributed by atoms with E-state index in [0.29, 0.717) is 6.04 Å². The summed E-state index contributed by atoms with van der Waals surface area (Å²) in [7, 11) is 2.15. The highest BCUT2D eigenvalue weighted by atomic mass is 16.5. The molecule has 19 heavy (non-hydrogen) atoms. The van der Waals surface area contributed by atoms with Crippen LogP contribution in [0.1, 0.15) is 32.8 Å². The number of likely N-dealkylation sites (N-methyl/N-ethyl adjacent to an activating group) is 1. The quantitative estimate of drug-likeness (QED) is 0.903. The predicted octanol–water partition coefficient (Wildman–Crippen LogP) is 2.80. The lowest BCUT2D eigenvalue weighted by Gasteiger charge is -2.26. The van der Waals surface area contributed by atoms with Crippen LogP contribution in [0.3, 0.4) is 0 Å². The molecule has 0 saturated carbocycles. The van der Waals surface area contributed by atoms with Gasteiger partial charge in [0.2, 0.25) is 0 Å². The van der Waals surface area contributed by atoms with E-state index in [1.54, 1.807) is 0 Å². The molecule has 1 atom stereocenters. The van der Waals surface area contributed by atoms with E-state index in [4.69, 9.17) is 4.74 Å². The predicted molar refractivity (Wildman–Crippen MR) is 80.7 cm³/mol. The molecular formula is C16H26N2O. The van der Waals surface area contributed by atoms with Gasteiger partial charge in [-0.2, -0.15) is 0 Å². The summed E-state index contributed by atoms with van der Waals surface area (Å²) < 4.78 is 5.45. The van der Waals surface area contributed by atoms with Crippen molar-refractivity contribution in [2.24, 2.45) is 0 Å². The monoisotopic (exact) mass is 262 g/mol. The van der Waals surface area contributed by atoms with Gasteiger partial charge in [0.1, 0.15) is 0 Å². The van der Waals surface area contributed by atoms with E-state index in [1.807, 2.05) is 0 Å². The molecule has 0 amide bonds. The largest absolute Gasteiger partial charge is 0.379 e. The maximum atomic E-state index is 5.45. The Bertz CT molecular complexity index is 388. The van der Waals surface area contributed by atoms with Gasteiger partial charge in [0.25, 0.3) is 0 Å². The van der Waals surface area contributed by atoms with Crippen molar-refractivity contribution < 1.29 is 4.74 Å². The Labute approximate surface area is 116 Å². The van der Waals surface area contributed by atoms with Crippen molar-refractivity contribution in [3.8, 4) is 0 Å². The smallest absolute Gasteiger partial charge is 0.0670 e. The van der Waals surface area contributed by atoms with E-state index in [0.717, 1.165) is 26.2 Å². The molecule has 1 heterocycles. The van der Waals surface area contributed by atoms with Crippen LogP contribution >= 0.6 is 0 Å². The Balaban J connectivity index is 1.94. The molecule has 0 aromatic heterocycles. The molecule has 0 radical (unpaired) electrons. The van der Waals surface area contributed by atoms with Crippen LogP contribution in [0, 0.1) is 0 Å². The first-order valence-corrected chi connectivity index (χ1v) is 7.10. The number of rotatable bonds is 4. The van der Waals surface area contributed by atoms with Gasteiger partial charge in [-0.1, -0.05) is 12.1 Å². The van der Waals surface area contributed by atoms with Crippen LogP contribution in [0.4, 0.5) is 5.69 Å². The van der Waals surface area contributed by atoms with E-state index in [-0.39, 0.29) is 5.54 Å². The van der Waals surface area contributed by atoms with E-state index < -0.39 is 0 Å². The summed E-state index contributed by atoms with van der Waals surface area (Å²) in [5, 5.41) is 3.51. The van der Waals surface area contributed by atoms with E-state index >= 15 is 0 Å². The molecule has 1 N–H and O–H groups in total. The molecule has 1 aliphatic rings. The van der Waals surface area contributed by atoms with Gasteiger partial charge in [-0.05, 0) is 44.9 Å². The molecule has 1 saturated heterocycles. The first kappa shape index (κ1) is 14.4. The third-order valence-corrected chi connectivity index (χ3v) is 3.62. The average molecular weight is 262 g/mol. The Hall–Kier alpha value is -1.06. The molecule has 0 aliphatic carbocycles. The summed E-state index contributed by atoms with van der Waals surface area (Å²) in [5.74, 6) is 0. The summed E-state index contributed by atoms with van der Waals surface area (Å²) in [4.78, 5) is 2.33. The number of nitrogens with zero attached hydrogens (tertiary/aromatic N) is 1. The van der Waals surface area contributed by atoms with E-state index in [9.17, 15) is 0 Å². The lowest BCUT2D eigenvalue weighted by molar-refractivity contribution is 0.193.